The molecule has 0 nitrogen and oxygen atoms in total. The van der Waals surface area contributed by atoms with Gasteiger partial charge in [0.25, 0.3) is 0 Å². The lowest BCUT2D eigenvalue weighted by Crippen LogP contribution is -2.05. The average Bonchev–Trinajstić information content (AvgIpc) is 2.19. The maximum atomic E-state index is 13.2. The molecule has 0 radical (unpaired) electrons. The third kappa shape index (κ3) is 4.42. The molecule has 0 aliphatic rings. The molecule has 90 valence electrons. The molecule has 0 fully saturated rings. The molecule has 0 saturated heterocycles. The Morgan fingerprint density at radius 1 is 1.38 bits per heavy atom. The molecule has 0 saturated carbocycles. The van der Waals surface area contributed by atoms with E-state index in [9.17, 15) is 4.39 Å². The first-order chi connectivity index (χ1) is 7.50. The number of rotatable bonds is 5. The lowest BCUT2D eigenvalue weighted by molar-refractivity contribution is 0.543. The fourth-order valence-electron chi connectivity index (χ4n) is 1.68. The van der Waals surface area contributed by atoms with Gasteiger partial charge in [-0.3, -0.25) is 0 Å². The summed E-state index contributed by atoms with van der Waals surface area (Å²) in [5.74, 6) is 0.408. The van der Waals surface area contributed by atoms with Crippen molar-refractivity contribution in [3.63, 3.8) is 0 Å². The minimum Gasteiger partial charge on any atom is -0.206 e. The van der Waals surface area contributed by atoms with Crippen LogP contribution in [0.15, 0.2) is 22.7 Å². The molecule has 16 heavy (non-hydrogen) atoms. The Labute approximate surface area is 110 Å². The third-order valence-corrected chi connectivity index (χ3v) is 3.77. The first-order valence-corrected chi connectivity index (χ1v) is 6.80. The van der Waals surface area contributed by atoms with Crippen LogP contribution >= 0.6 is 27.5 Å². The van der Waals surface area contributed by atoms with Gasteiger partial charge >= 0.3 is 0 Å². The van der Waals surface area contributed by atoms with Crippen molar-refractivity contribution in [1.29, 1.82) is 0 Å². The molecule has 1 atom stereocenters. The standard InChI is InChI=1S/C13H17BrClF/c1-9(2)8-11(15)7-6-10-4-3-5-12(16)13(10)14/h3-5,9,11H,6-8H2,1-2H3. The second-order valence-corrected chi connectivity index (χ2v) is 5.89. The molecule has 0 amide bonds. The lowest BCUT2D eigenvalue weighted by Gasteiger charge is -2.12. The van der Waals surface area contributed by atoms with Gasteiger partial charge in [0.15, 0.2) is 0 Å². The number of aryl methyl sites for hydroxylation is 1. The molecule has 0 bridgehead atoms. The zero-order chi connectivity index (χ0) is 12.1. The summed E-state index contributed by atoms with van der Waals surface area (Å²) in [5.41, 5.74) is 0.995. The van der Waals surface area contributed by atoms with Crippen molar-refractivity contribution in [3.05, 3.63) is 34.1 Å². The highest BCUT2D eigenvalue weighted by Gasteiger charge is 2.10. The van der Waals surface area contributed by atoms with Crippen molar-refractivity contribution in [2.75, 3.05) is 0 Å². The molecule has 1 rings (SSSR count). The summed E-state index contributed by atoms with van der Waals surface area (Å²) < 4.78 is 13.8. The van der Waals surface area contributed by atoms with Crippen LogP contribution in [0, 0.1) is 11.7 Å². The van der Waals surface area contributed by atoms with Gasteiger partial charge in [-0.1, -0.05) is 26.0 Å². The molecule has 1 aromatic carbocycles. The first kappa shape index (κ1) is 14.0. The highest BCUT2D eigenvalue weighted by Crippen LogP contribution is 2.24. The van der Waals surface area contributed by atoms with Gasteiger partial charge in [-0.05, 0) is 52.7 Å². The van der Waals surface area contributed by atoms with Crippen molar-refractivity contribution < 1.29 is 4.39 Å². The summed E-state index contributed by atoms with van der Waals surface area (Å²) in [6.07, 6.45) is 2.72. The quantitative estimate of drug-likeness (QED) is 0.658. The number of alkyl halides is 1. The second-order valence-electron chi connectivity index (χ2n) is 4.48. The third-order valence-electron chi connectivity index (χ3n) is 2.49. The number of halogens is 3. The maximum absolute atomic E-state index is 13.2. The predicted octanol–water partition coefficient (Wildman–Crippen LogP) is 5.17. The van der Waals surface area contributed by atoms with Gasteiger partial charge in [-0.15, -0.1) is 11.6 Å². The van der Waals surface area contributed by atoms with E-state index < -0.39 is 0 Å². The van der Waals surface area contributed by atoms with Crippen LogP contribution in [0.5, 0.6) is 0 Å². The second kappa shape index (κ2) is 6.61. The van der Waals surface area contributed by atoms with Crippen LogP contribution in [-0.2, 0) is 6.42 Å². The van der Waals surface area contributed by atoms with Crippen molar-refractivity contribution >= 4 is 27.5 Å². The molecular formula is C13H17BrClF. The Kier molecular flexibility index (Phi) is 5.77. The van der Waals surface area contributed by atoms with E-state index in [1.807, 2.05) is 6.07 Å². The largest absolute Gasteiger partial charge is 0.206 e. The topological polar surface area (TPSA) is 0 Å². The molecule has 1 unspecified atom stereocenters. The van der Waals surface area contributed by atoms with E-state index in [2.05, 4.69) is 29.8 Å². The van der Waals surface area contributed by atoms with E-state index >= 15 is 0 Å². The molecule has 1 aromatic rings. The molecule has 0 aliphatic heterocycles. The van der Waals surface area contributed by atoms with E-state index in [4.69, 9.17) is 11.6 Å². The summed E-state index contributed by atoms with van der Waals surface area (Å²) >= 11 is 9.47. The Morgan fingerprint density at radius 3 is 2.69 bits per heavy atom. The number of hydrogen-bond donors (Lipinski definition) is 0. The van der Waals surface area contributed by atoms with Crippen molar-refractivity contribution in [3.8, 4) is 0 Å². The van der Waals surface area contributed by atoms with Crippen LogP contribution in [0.4, 0.5) is 4.39 Å². The monoisotopic (exact) mass is 306 g/mol. The van der Waals surface area contributed by atoms with E-state index in [1.165, 1.54) is 6.07 Å². The summed E-state index contributed by atoms with van der Waals surface area (Å²) in [4.78, 5) is 0. The van der Waals surface area contributed by atoms with Gasteiger partial charge < -0.3 is 0 Å². The fourth-order valence-corrected chi connectivity index (χ4v) is 2.61. The molecule has 0 aliphatic carbocycles. The first-order valence-electron chi connectivity index (χ1n) is 5.57. The Balaban J connectivity index is 2.51. The van der Waals surface area contributed by atoms with Crippen LogP contribution in [0.2, 0.25) is 0 Å². The molecule has 0 heterocycles. The summed E-state index contributed by atoms with van der Waals surface area (Å²) in [6.45, 7) is 4.32. The van der Waals surface area contributed by atoms with Crippen molar-refractivity contribution in [1.82, 2.24) is 0 Å². The van der Waals surface area contributed by atoms with Gasteiger partial charge in [0.2, 0.25) is 0 Å². The van der Waals surface area contributed by atoms with Crippen LogP contribution in [0.1, 0.15) is 32.3 Å². The van der Waals surface area contributed by atoms with Gasteiger partial charge in [0, 0.05) is 5.38 Å². The minimum atomic E-state index is -0.201. The zero-order valence-electron chi connectivity index (χ0n) is 9.64. The van der Waals surface area contributed by atoms with Crippen LogP contribution in [0.25, 0.3) is 0 Å². The highest BCUT2D eigenvalue weighted by molar-refractivity contribution is 9.10. The van der Waals surface area contributed by atoms with Crippen molar-refractivity contribution in [2.24, 2.45) is 5.92 Å². The zero-order valence-corrected chi connectivity index (χ0v) is 12.0. The van der Waals surface area contributed by atoms with Gasteiger partial charge in [0.1, 0.15) is 5.82 Å². The van der Waals surface area contributed by atoms with E-state index in [0.717, 1.165) is 24.8 Å². The summed E-state index contributed by atoms with van der Waals surface area (Å²) in [5, 5.41) is 0.176. The lowest BCUT2D eigenvalue weighted by atomic mass is 10.0. The van der Waals surface area contributed by atoms with Crippen LogP contribution in [0.3, 0.4) is 0 Å². The van der Waals surface area contributed by atoms with E-state index in [0.29, 0.717) is 10.4 Å². The number of hydrogen-bond acceptors (Lipinski definition) is 0. The van der Waals surface area contributed by atoms with Crippen LogP contribution < -0.4 is 0 Å². The number of benzene rings is 1. The molecule has 3 heteroatoms. The normalized spacial score (nSPS) is 13.1. The van der Waals surface area contributed by atoms with Gasteiger partial charge in [0.05, 0.1) is 4.47 Å². The molecule has 0 N–H and O–H groups in total. The minimum absolute atomic E-state index is 0.176. The summed E-state index contributed by atoms with van der Waals surface area (Å²) in [7, 11) is 0. The smallest absolute Gasteiger partial charge is 0.137 e. The Morgan fingerprint density at radius 2 is 2.06 bits per heavy atom. The Bertz CT molecular complexity index is 339. The van der Waals surface area contributed by atoms with E-state index in [-0.39, 0.29) is 11.2 Å². The fraction of sp³-hybridized carbons (Fsp3) is 0.538. The Hall–Kier alpha value is -0.0800. The highest BCUT2D eigenvalue weighted by atomic mass is 79.9. The van der Waals surface area contributed by atoms with Crippen LogP contribution in [-0.4, -0.2) is 5.38 Å². The maximum Gasteiger partial charge on any atom is 0.137 e. The van der Waals surface area contributed by atoms with E-state index in [1.54, 1.807) is 6.07 Å². The SMILES string of the molecule is CC(C)CC(Cl)CCc1cccc(F)c1Br. The van der Waals surface area contributed by atoms with Crippen molar-refractivity contribution in [2.45, 2.75) is 38.5 Å². The van der Waals surface area contributed by atoms with Gasteiger partial charge in [-0.2, -0.15) is 0 Å². The summed E-state index contributed by atoms with van der Waals surface area (Å²) in [6, 6.07) is 5.13. The average molecular weight is 308 g/mol. The predicted molar refractivity (Wildman–Crippen MR) is 71.5 cm³/mol. The molecule has 0 spiro atoms. The molecule has 0 aromatic heterocycles. The van der Waals surface area contributed by atoms with Gasteiger partial charge in [-0.25, -0.2) is 4.39 Å². The molecular weight excluding hydrogens is 290 g/mol.